The minimum absolute atomic E-state index is 0.00608. The van der Waals surface area contributed by atoms with E-state index in [0.717, 1.165) is 17.2 Å². The average Bonchev–Trinajstić information content (AvgIpc) is 2.90. The largest absolute Gasteiger partial charge is 0.490 e. The fraction of sp³-hybridized carbons (Fsp3) is 0.500. The molecule has 7 N–H and O–H groups in total. The molecule has 1 aliphatic heterocycles. The fourth-order valence-electron chi connectivity index (χ4n) is 3.12. The molecule has 17 nitrogen and oxygen atoms in total. The average molecular weight is 507 g/mol. The maximum absolute atomic E-state index is 15.0. The Bertz CT molecular complexity index is 1190. The van der Waals surface area contributed by atoms with E-state index in [2.05, 4.69) is 28.1 Å². The van der Waals surface area contributed by atoms with Crippen LogP contribution in [0.4, 0.5) is 10.2 Å². The van der Waals surface area contributed by atoms with E-state index in [0.29, 0.717) is 0 Å². The van der Waals surface area contributed by atoms with Gasteiger partial charge in [0.2, 0.25) is 0 Å². The van der Waals surface area contributed by atoms with Gasteiger partial charge in [0.05, 0.1) is 6.33 Å². The zero-order valence-electron chi connectivity index (χ0n) is 14.6. The molecule has 2 aromatic rings. The minimum Gasteiger partial charge on any atom is -0.382 e. The number of aliphatic hydroxyl groups is 1. The molecule has 1 saturated heterocycles. The highest BCUT2D eigenvalue weighted by Gasteiger charge is 2.80. The van der Waals surface area contributed by atoms with Crippen LogP contribution < -0.4 is 5.73 Å². The number of nitrogen functional groups attached to an aromatic ring is 1. The van der Waals surface area contributed by atoms with Crippen molar-refractivity contribution < 1.29 is 60.6 Å². The van der Waals surface area contributed by atoms with E-state index in [4.69, 9.17) is 25.2 Å². The summed E-state index contributed by atoms with van der Waals surface area (Å²) < 4.78 is 66.8. The summed E-state index contributed by atoms with van der Waals surface area (Å²) in [4.78, 5) is 47.2. The zero-order chi connectivity index (χ0) is 23.0. The van der Waals surface area contributed by atoms with Crippen molar-refractivity contribution in [1.82, 2.24) is 19.5 Å². The smallest absolute Gasteiger partial charge is 0.382 e. The van der Waals surface area contributed by atoms with E-state index in [-0.39, 0.29) is 17.0 Å². The molecule has 4 rings (SSSR count). The Morgan fingerprint density at radius 2 is 1.81 bits per heavy atom. The first-order chi connectivity index (χ1) is 14.1. The second kappa shape index (κ2) is 7.05. The quantitative estimate of drug-likeness (QED) is 0.248. The third-order valence-electron chi connectivity index (χ3n) is 4.38. The van der Waals surface area contributed by atoms with Crippen LogP contribution in [0.25, 0.3) is 11.2 Å². The van der Waals surface area contributed by atoms with E-state index < -0.39 is 53.7 Å². The van der Waals surface area contributed by atoms with E-state index in [1.165, 1.54) is 0 Å². The lowest BCUT2D eigenvalue weighted by Gasteiger charge is -2.23. The van der Waals surface area contributed by atoms with Crippen molar-refractivity contribution >= 4 is 40.4 Å². The first kappa shape index (κ1) is 22.8. The summed E-state index contributed by atoms with van der Waals surface area (Å²) in [6.45, 7) is 0. The molecular formula is C10H13FN5O12P3. The number of alkyl halides is 1. The number of hydrogen-bond donors (Lipinski definition) is 6. The number of anilines is 1. The summed E-state index contributed by atoms with van der Waals surface area (Å²) >= 11 is 0. The van der Waals surface area contributed by atoms with Gasteiger partial charge in [-0.25, -0.2) is 33.0 Å². The molecule has 7 atom stereocenters. The number of fused-ring (bicyclic) bond motifs is 2. The zero-order valence-corrected chi connectivity index (χ0v) is 17.3. The lowest BCUT2D eigenvalue weighted by Crippen LogP contribution is -2.34. The Kier molecular flexibility index (Phi) is 5.19. The van der Waals surface area contributed by atoms with Crippen molar-refractivity contribution in [2.45, 2.75) is 30.2 Å². The molecule has 31 heavy (non-hydrogen) atoms. The van der Waals surface area contributed by atoms with Gasteiger partial charge >= 0.3 is 23.5 Å². The van der Waals surface area contributed by atoms with Gasteiger partial charge in [0, 0.05) is 0 Å². The molecule has 3 heterocycles. The summed E-state index contributed by atoms with van der Waals surface area (Å²) in [5.41, 5.74) is 3.39. The van der Waals surface area contributed by atoms with Crippen LogP contribution >= 0.6 is 23.5 Å². The molecule has 0 spiro atoms. The van der Waals surface area contributed by atoms with Gasteiger partial charge in [0.25, 0.3) is 0 Å². The van der Waals surface area contributed by atoms with Crippen LogP contribution in [-0.2, 0) is 31.6 Å². The second-order valence-corrected chi connectivity index (χ2v) is 10.8. The Morgan fingerprint density at radius 3 is 2.39 bits per heavy atom. The minimum atomic E-state index is -5.77. The van der Waals surface area contributed by atoms with Crippen molar-refractivity contribution in [3.8, 4) is 0 Å². The van der Waals surface area contributed by atoms with Gasteiger partial charge in [-0.3, -0.25) is 9.09 Å². The molecule has 0 radical (unpaired) electrons. The number of rotatable bonds is 7. The van der Waals surface area contributed by atoms with Crippen molar-refractivity contribution in [3.05, 3.63) is 12.7 Å². The lowest BCUT2D eigenvalue weighted by atomic mass is 10.2. The van der Waals surface area contributed by atoms with E-state index in [9.17, 15) is 28.1 Å². The molecule has 3 unspecified atom stereocenters. The molecule has 2 aliphatic rings. The maximum atomic E-state index is 15.0. The molecule has 2 aromatic heterocycles. The first-order valence-electron chi connectivity index (χ1n) is 7.92. The van der Waals surface area contributed by atoms with E-state index in [1.54, 1.807) is 0 Å². The Morgan fingerprint density at radius 1 is 1.13 bits per heavy atom. The topological polar surface area (TPSA) is 259 Å². The summed E-state index contributed by atoms with van der Waals surface area (Å²) in [6.07, 6.45) is -4.89. The number of nitrogens with zero attached hydrogens (tertiary/aromatic N) is 4. The molecule has 1 saturated carbocycles. The normalized spacial score (nSPS) is 34.3. The SMILES string of the molecule is Nc1ncnc2c1ncn2[C@@H]1O[C@@H]2C(OP(=O)(O)OP(=O)(O)OP(=O)(O)O)[C@]2(O)[C@@H]1F. The standard InChI is InChI=1S/C10H13FN5O12P3/c11-4-9(16-2-15-3-7(12)13-1-14-8(3)16)25-5-6(10(4,5)17)26-30(21,22)28-31(23,24)27-29(18,19)20/h1-2,4-6,9,17H,(H,21,22)(H,23,24)(H2,12,13,14)(H2,18,19,20)/t4-,5-,6?,9-,10+/m1/s1. The number of nitrogens with two attached hydrogens (primary N) is 1. The monoisotopic (exact) mass is 507 g/mol. The summed E-state index contributed by atoms with van der Waals surface area (Å²) in [7, 11) is -16.9. The van der Waals surface area contributed by atoms with Crippen molar-refractivity contribution in [2.75, 3.05) is 5.73 Å². The van der Waals surface area contributed by atoms with Gasteiger partial charge in [-0.2, -0.15) is 8.62 Å². The molecule has 21 heteroatoms. The number of hydrogen-bond acceptors (Lipinski definition) is 12. The van der Waals surface area contributed by atoms with Gasteiger partial charge in [-0.1, -0.05) is 0 Å². The number of phosphoric acid groups is 3. The van der Waals surface area contributed by atoms with Gasteiger partial charge in [-0.15, -0.1) is 0 Å². The highest BCUT2D eigenvalue weighted by molar-refractivity contribution is 7.66. The predicted octanol–water partition coefficient (Wildman–Crippen LogP) is -0.899. The Balaban J connectivity index is 1.48. The van der Waals surface area contributed by atoms with Crippen molar-refractivity contribution in [3.63, 3.8) is 0 Å². The number of imidazole rings is 1. The van der Waals surface area contributed by atoms with Crippen LogP contribution in [-0.4, -0.2) is 68.2 Å². The molecule has 172 valence electrons. The van der Waals surface area contributed by atoms with Gasteiger partial charge in [0.15, 0.2) is 29.5 Å². The molecule has 0 amide bonds. The van der Waals surface area contributed by atoms with Gasteiger partial charge in [-0.05, 0) is 0 Å². The fourth-order valence-corrected chi connectivity index (χ4v) is 6.34. The predicted molar refractivity (Wildman–Crippen MR) is 92.2 cm³/mol. The van der Waals surface area contributed by atoms with Gasteiger partial charge in [0.1, 0.15) is 24.1 Å². The van der Waals surface area contributed by atoms with Gasteiger partial charge < -0.3 is 35.2 Å². The molecular weight excluding hydrogens is 494 g/mol. The Hall–Kier alpha value is -1.39. The van der Waals surface area contributed by atoms with E-state index >= 15 is 0 Å². The van der Waals surface area contributed by atoms with Crippen molar-refractivity contribution in [1.29, 1.82) is 0 Å². The van der Waals surface area contributed by atoms with Crippen LogP contribution in [0.1, 0.15) is 6.23 Å². The molecule has 0 aromatic carbocycles. The lowest BCUT2D eigenvalue weighted by molar-refractivity contribution is -0.0597. The number of ether oxygens (including phenoxy) is 1. The number of halogens is 1. The number of phosphoric ester groups is 1. The highest BCUT2D eigenvalue weighted by atomic mass is 31.3. The number of aromatic nitrogens is 4. The van der Waals surface area contributed by atoms with Crippen LogP contribution in [0.2, 0.25) is 0 Å². The van der Waals surface area contributed by atoms with Crippen LogP contribution in [0.15, 0.2) is 12.7 Å². The maximum Gasteiger partial charge on any atom is 0.490 e. The third-order valence-corrected chi connectivity index (χ3v) is 8.20. The summed E-state index contributed by atoms with van der Waals surface area (Å²) in [6, 6.07) is 0. The second-order valence-electron chi connectivity index (χ2n) is 6.44. The molecule has 2 fully saturated rings. The summed E-state index contributed by atoms with van der Waals surface area (Å²) in [5.74, 6) is 0.00608. The van der Waals surface area contributed by atoms with Crippen LogP contribution in [0, 0.1) is 0 Å². The van der Waals surface area contributed by atoms with Crippen molar-refractivity contribution in [2.24, 2.45) is 0 Å². The highest BCUT2D eigenvalue weighted by Crippen LogP contribution is 2.69. The Labute approximate surface area is 170 Å². The van der Waals surface area contributed by atoms with E-state index in [1.807, 2.05) is 0 Å². The van der Waals surface area contributed by atoms with Crippen LogP contribution in [0.3, 0.4) is 0 Å². The third kappa shape index (κ3) is 4.06. The summed E-state index contributed by atoms with van der Waals surface area (Å²) in [5, 5.41) is 10.4. The molecule has 0 bridgehead atoms. The molecule has 1 aliphatic carbocycles. The van der Waals surface area contributed by atoms with Crippen LogP contribution in [0.5, 0.6) is 0 Å². The first-order valence-corrected chi connectivity index (χ1v) is 12.4.